The van der Waals surface area contributed by atoms with E-state index in [1.165, 1.54) is 23.7 Å². The van der Waals surface area contributed by atoms with Gasteiger partial charge in [-0.15, -0.1) is 0 Å². The molecule has 0 N–H and O–H groups in total. The SMILES string of the molecule is Cc1cc2ncn(-c3cccc(-c4nccn4C4CCC(F)(F)CC4)n3)c(=O)c2cc1-n1cnc(C2CC2)c1. The topological polar surface area (TPSA) is 83.4 Å². The lowest BCUT2D eigenvalue weighted by atomic mass is 9.92. The number of alkyl halides is 2. The number of halogens is 2. The van der Waals surface area contributed by atoms with Crippen molar-refractivity contribution in [1.29, 1.82) is 0 Å². The van der Waals surface area contributed by atoms with Crippen LogP contribution in [0.25, 0.3) is 33.9 Å². The average molecular weight is 528 g/mol. The smallest absolute Gasteiger partial charge is 0.267 e. The molecule has 4 aromatic heterocycles. The standard InChI is InChI=1S/C29H27F2N7O/c1-18-13-23-21(14-25(18)36-15-24(33-16-36)19-5-6-19)28(39)38(17-34-23)26-4-2-3-22(35-26)27-32-11-12-37(27)20-7-9-29(30,31)10-8-20/h2-4,11-17,19-20H,5-10H2,1H3. The Kier molecular flexibility index (Phi) is 5.47. The molecule has 0 atom stereocenters. The first-order chi connectivity index (χ1) is 18.9. The molecule has 0 aliphatic heterocycles. The molecule has 5 aromatic rings. The molecule has 2 fully saturated rings. The molecule has 0 bridgehead atoms. The summed E-state index contributed by atoms with van der Waals surface area (Å²) in [6, 6.07) is 9.10. The lowest BCUT2D eigenvalue weighted by molar-refractivity contribution is -0.0438. The van der Waals surface area contributed by atoms with Crippen molar-refractivity contribution in [2.75, 3.05) is 0 Å². The van der Waals surface area contributed by atoms with Crippen LogP contribution in [0.4, 0.5) is 8.78 Å². The van der Waals surface area contributed by atoms with Crippen LogP contribution in [-0.2, 0) is 0 Å². The fourth-order valence-corrected chi connectivity index (χ4v) is 5.55. The van der Waals surface area contributed by atoms with Gasteiger partial charge < -0.3 is 9.13 Å². The number of imidazole rings is 2. The fraction of sp³-hybridized carbons (Fsp3) is 0.345. The molecule has 0 unspecified atom stereocenters. The van der Waals surface area contributed by atoms with Gasteiger partial charge in [0.15, 0.2) is 5.82 Å². The van der Waals surface area contributed by atoms with Gasteiger partial charge in [0, 0.05) is 43.4 Å². The van der Waals surface area contributed by atoms with Crippen molar-refractivity contribution in [3.05, 3.63) is 83.2 Å². The second-order valence-corrected chi connectivity index (χ2v) is 10.7. The number of nitrogens with zero attached hydrogens (tertiary/aromatic N) is 7. The maximum atomic E-state index is 13.7. The van der Waals surface area contributed by atoms with Crippen LogP contribution < -0.4 is 5.56 Å². The maximum absolute atomic E-state index is 13.7. The summed E-state index contributed by atoms with van der Waals surface area (Å²) >= 11 is 0. The third-order valence-electron chi connectivity index (χ3n) is 7.91. The quantitative estimate of drug-likeness (QED) is 0.290. The Bertz CT molecular complexity index is 1760. The molecule has 7 rings (SSSR count). The van der Waals surface area contributed by atoms with Crippen molar-refractivity contribution in [3.63, 3.8) is 0 Å². The fourth-order valence-electron chi connectivity index (χ4n) is 5.55. The van der Waals surface area contributed by atoms with E-state index in [2.05, 4.69) is 15.0 Å². The Hall–Kier alpha value is -4.21. The molecule has 2 aliphatic carbocycles. The van der Waals surface area contributed by atoms with Gasteiger partial charge in [0.25, 0.3) is 5.56 Å². The highest BCUT2D eigenvalue weighted by molar-refractivity contribution is 5.81. The largest absolute Gasteiger partial charge is 0.327 e. The number of benzene rings is 1. The number of hydrogen-bond donors (Lipinski definition) is 0. The molecular formula is C29H27F2N7O. The van der Waals surface area contributed by atoms with Gasteiger partial charge in [-0.2, -0.15) is 0 Å². The van der Waals surface area contributed by atoms with Crippen LogP contribution in [0.15, 0.2) is 66.4 Å². The number of rotatable bonds is 5. The van der Waals surface area contributed by atoms with Crippen LogP contribution in [0.2, 0.25) is 0 Å². The van der Waals surface area contributed by atoms with Gasteiger partial charge in [-0.25, -0.2) is 28.7 Å². The van der Waals surface area contributed by atoms with Crippen LogP contribution in [0.5, 0.6) is 0 Å². The number of aryl methyl sites for hydroxylation is 1. The normalized spacial score (nSPS) is 17.6. The van der Waals surface area contributed by atoms with E-state index in [0.29, 0.717) is 47.0 Å². The van der Waals surface area contributed by atoms with Crippen LogP contribution >= 0.6 is 0 Å². The number of aromatic nitrogens is 7. The van der Waals surface area contributed by atoms with E-state index in [1.807, 2.05) is 52.7 Å². The third-order valence-corrected chi connectivity index (χ3v) is 7.91. The van der Waals surface area contributed by atoms with E-state index in [9.17, 15) is 13.6 Å². The average Bonchev–Trinajstić information content (AvgIpc) is 3.45. The lowest BCUT2D eigenvalue weighted by Gasteiger charge is -2.29. The molecule has 39 heavy (non-hydrogen) atoms. The van der Waals surface area contributed by atoms with E-state index in [4.69, 9.17) is 4.98 Å². The Balaban J connectivity index is 1.25. The minimum Gasteiger partial charge on any atom is -0.327 e. The van der Waals surface area contributed by atoms with Crippen LogP contribution in [0, 0.1) is 6.92 Å². The third kappa shape index (κ3) is 4.33. The zero-order valence-corrected chi connectivity index (χ0v) is 21.5. The monoisotopic (exact) mass is 527 g/mol. The molecule has 2 saturated carbocycles. The summed E-state index contributed by atoms with van der Waals surface area (Å²) in [7, 11) is 0. The van der Waals surface area contributed by atoms with Crippen LogP contribution in [0.1, 0.15) is 61.7 Å². The van der Waals surface area contributed by atoms with Crippen molar-refractivity contribution in [2.24, 2.45) is 0 Å². The zero-order chi connectivity index (χ0) is 26.7. The predicted octanol–water partition coefficient (Wildman–Crippen LogP) is 5.77. The summed E-state index contributed by atoms with van der Waals surface area (Å²) < 4.78 is 32.8. The Morgan fingerprint density at radius 2 is 1.82 bits per heavy atom. The molecule has 1 aromatic carbocycles. The van der Waals surface area contributed by atoms with E-state index in [-0.39, 0.29) is 24.4 Å². The first kappa shape index (κ1) is 23.9. The highest BCUT2D eigenvalue weighted by atomic mass is 19.3. The van der Waals surface area contributed by atoms with Crippen molar-refractivity contribution < 1.29 is 8.78 Å². The summed E-state index contributed by atoms with van der Waals surface area (Å²) in [6.07, 6.45) is 11.6. The first-order valence-corrected chi connectivity index (χ1v) is 13.3. The van der Waals surface area contributed by atoms with Gasteiger partial charge in [-0.1, -0.05) is 6.07 Å². The molecule has 0 saturated heterocycles. The summed E-state index contributed by atoms with van der Waals surface area (Å²) in [4.78, 5) is 32.0. The molecule has 4 heterocycles. The molecule has 0 amide bonds. The zero-order valence-electron chi connectivity index (χ0n) is 21.5. The molecule has 8 nitrogen and oxygen atoms in total. The highest BCUT2D eigenvalue weighted by Gasteiger charge is 2.36. The van der Waals surface area contributed by atoms with E-state index in [0.717, 1.165) is 16.9 Å². The molecule has 198 valence electrons. The molecular weight excluding hydrogens is 500 g/mol. The molecule has 2 aliphatic rings. The summed E-state index contributed by atoms with van der Waals surface area (Å²) in [5, 5.41) is 0.483. The minimum atomic E-state index is -2.60. The highest BCUT2D eigenvalue weighted by Crippen LogP contribution is 2.40. The number of fused-ring (bicyclic) bond motifs is 1. The summed E-state index contributed by atoms with van der Waals surface area (Å²) in [6.45, 7) is 2.00. The second kappa shape index (κ2) is 8.93. The Labute approximate surface area is 223 Å². The van der Waals surface area contributed by atoms with Crippen molar-refractivity contribution >= 4 is 10.9 Å². The van der Waals surface area contributed by atoms with Gasteiger partial charge in [-0.05, 0) is 62.4 Å². The molecule has 0 radical (unpaired) electrons. The van der Waals surface area contributed by atoms with E-state index in [1.54, 1.807) is 18.6 Å². The Morgan fingerprint density at radius 1 is 1.00 bits per heavy atom. The first-order valence-electron chi connectivity index (χ1n) is 13.3. The number of hydrogen-bond acceptors (Lipinski definition) is 5. The second-order valence-electron chi connectivity index (χ2n) is 10.7. The predicted molar refractivity (Wildman–Crippen MR) is 143 cm³/mol. The summed E-state index contributed by atoms with van der Waals surface area (Å²) in [5.41, 5.74) is 3.92. The Morgan fingerprint density at radius 3 is 2.62 bits per heavy atom. The van der Waals surface area contributed by atoms with Gasteiger partial charge >= 0.3 is 0 Å². The van der Waals surface area contributed by atoms with Crippen LogP contribution in [-0.4, -0.2) is 39.6 Å². The van der Waals surface area contributed by atoms with Gasteiger partial charge in [-0.3, -0.25) is 9.36 Å². The van der Waals surface area contributed by atoms with Crippen LogP contribution in [0.3, 0.4) is 0 Å². The van der Waals surface area contributed by atoms with Gasteiger partial charge in [0.1, 0.15) is 17.8 Å². The van der Waals surface area contributed by atoms with Crippen molar-refractivity contribution in [1.82, 2.24) is 33.6 Å². The van der Waals surface area contributed by atoms with E-state index < -0.39 is 5.92 Å². The van der Waals surface area contributed by atoms with E-state index >= 15 is 0 Å². The summed E-state index contributed by atoms with van der Waals surface area (Å²) in [5.74, 6) is -1.05. The van der Waals surface area contributed by atoms with Crippen molar-refractivity contribution in [3.8, 4) is 23.0 Å². The molecule has 10 heteroatoms. The maximum Gasteiger partial charge on any atom is 0.267 e. The molecule has 0 spiro atoms. The lowest BCUT2D eigenvalue weighted by Crippen LogP contribution is -2.26. The minimum absolute atomic E-state index is 0.0668. The van der Waals surface area contributed by atoms with Gasteiger partial charge in [0.2, 0.25) is 5.92 Å². The van der Waals surface area contributed by atoms with Crippen molar-refractivity contribution in [2.45, 2.75) is 63.3 Å². The number of pyridine rings is 1. The van der Waals surface area contributed by atoms with Gasteiger partial charge in [0.05, 0.1) is 28.6 Å².